The monoisotopic (exact) mass is 677 g/mol. The van der Waals surface area contributed by atoms with Crippen molar-refractivity contribution in [1.82, 2.24) is 25.0 Å². The summed E-state index contributed by atoms with van der Waals surface area (Å²) in [5.74, 6) is 0.713. The third-order valence-corrected chi connectivity index (χ3v) is 5.35. The minimum Gasteiger partial charge on any atom is -0.383 e. The predicted molar refractivity (Wildman–Crippen MR) is 148 cm³/mol. The molecule has 8 nitrogen and oxygen atoms in total. The molecule has 0 saturated heterocycles. The van der Waals surface area contributed by atoms with Crippen molar-refractivity contribution >= 4 is 59.4 Å². The summed E-state index contributed by atoms with van der Waals surface area (Å²) in [4.78, 5) is 35.8. The van der Waals surface area contributed by atoms with Crippen molar-refractivity contribution in [1.29, 1.82) is 0 Å². The van der Waals surface area contributed by atoms with E-state index in [0.29, 0.717) is 11.1 Å². The number of hydrogen-bond acceptors (Lipinski definition) is 8. The first-order valence-electron chi connectivity index (χ1n) is 10.3. The van der Waals surface area contributed by atoms with Gasteiger partial charge in [-0.05, 0) is 72.9 Å². The Kier molecular flexibility index (Phi) is 12.3. The van der Waals surface area contributed by atoms with Crippen LogP contribution in [0.2, 0.25) is 0 Å². The van der Waals surface area contributed by atoms with Crippen molar-refractivity contribution in [2.24, 2.45) is 0 Å². The minimum atomic E-state index is -0.0486. The molecule has 0 bridgehead atoms. The zero-order valence-electron chi connectivity index (χ0n) is 19.6. The first kappa shape index (κ1) is 29.2. The fourth-order valence-electron chi connectivity index (χ4n) is 2.38. The molecule has 0 aliphatic heterocycles. The summed E-state index contributed by atoms with van der Waals surface area (Å²) >= 11 is 9.80. The SMILES string of the molecule is Brc1cncc(-c2ccno2)c1.CC(=O)c1cncc(Br)c1.CN(C)/C=C/C(=O)c1cncc(Br)c1. The summed E-state index contributed by atoms with van der Waals surface area (Å²) in [7, 11) is 3.73. The maximum absolute atomic E-state index is 11.5. The number of Topliss-reactive ketones (excluding diaryl/α,β-unsaturated/α-hetero) is 1. The summed E-state index contributed by atoms with van der Waals surface area (Å²) in [6.07, 6.45) is 14.7. The molecule has 4 aromatic heterocycles. The lowest BCUT2D eigenvalue weighted by molar-refractivity contribution is 0.101. The lowest BCUT2D eigenvalue weighted by atomic mass is 10.2. The fourth-order valence-corrected chi connectivity index (χ4v) is 3.47. The minimum absolute atomic E-state index is 0.0359. The van der Waals surface area contributed by atoms with Crippen LogP contribution < -0.4 is 0 Å². The zero-order valence-corrected chi connectivity index (χ0v) is 24.4. The number of pyridine rings is 3. The molecule has 11 heteroatoms. The highest BCUT2D eigenvalue weighted by Crippen LogP contribution is 2.20. The number of halogens is 3. The van der Waals surface area contributed by atoms with Crippen LogP contribution in [-0.4, -0.2) is 50.7 Å². The van der Waals surface area contributed by atoms with Crippen LogP contribution in [0.1, 0.15) is 27.6 Å². The third kappa shape index (κ3) is 10.7. The smallest absolute Gasteiger partial charge is 0.188 e. The molecule has 4 heterocycles. The van der Waals surface area contributed by atoms with E-state index in [4.69, 9.17) is 4.52 Å². The van der Waals surface area contributed by atoms with Crippen LogP contribution in [0.5, 0.6) is 0 Å². The van der Waals surface area contributed by atoms with Crippen LogP contribution in [0.3, 0.4) is 0 Å². The molecule has 4 aromatic rings. The van der Waals surface area contributed by atoms with Gasteiger partial charge in [0.05, 0.1) is 6.20 Å². The molecule has 186 valence electrons. The van der Waals surface area contributed by atoms with Gasteiger partial charge in [0, 0.05) is 99.7 Å². The van der Waals surface area contributed by atoms with Crippen LogP contribution >= 0.6 is 47.8 Å². The van der Waals surface area contributed by atoms with Gasteiger partial charge in [0.25, 0.3) is 0 Å². The molecule has 0 fully saturated rings. The van der Waals surface area contributed by atoms with Gasteiger partial charge in [-0.25, -0.2) is 0 Å². The van der Waals surface area contributed by atoms with Gasteiger partial charge < -0.3 is 9.42 Å². The van der Waals surface area contributed by atoms with E-state index in [2.05, 4.69) is 67.9 Å². The fraction of sp³-hybridized carbons (Fsp3) is 0.120. The topological polar surface area (TPSA) is 102 Å². The van der Waals surface area contributed by atoms with Crippen LogP contribution in [0.4, 0.5) is 0 Å². The van der Waals surface area contributed by atoms with Crippen molar-refractivity contribution in [2.45, 2.75) is 6.92 Å². The normalized spacial score (nSPS) is 10.1. The molecule has 0 aliphatic carbocycles. The van der Waals surface area contributed by atoms with Gasteiger partial charge in [0.1, 0.15) is 0 Å². The van der Waals surface area contributed by atoms with E-state index < -0.39 is 0 Å². The Morgan fingerprint density at radius 1 is 0.833 bits per heavy atom. The van der Waals surface area contributed by atoms with E-state index in [0.717, 1.165) is 24.7 Å². The maximum atomic E-state index is 11.5. The number of ketones is 2. The highest BCUT2D eigenvalue weighted by Gasteiger charge is 2.03. The maximum Gasteiger partial charge on any atom is 0.188 e. The molecule has 0 radical (unpaired) electrons. The van der Waals surface area contributed by atoms with E-state index >= 15 is 0 Å². The summed E-state index contributed by atoms with van der Waals surface area (Å²) in [5, 5.41) is 3.61. The standard InChI is InChI=1S/C10H11BrN2O.C8H5BrN2O.C7H6BrNO/c1-13(2)4-3-10(14)8-5-9(11)7-12-6-8;9-7-3-6(4-10-5-7)8-1-2-11-12-8;1-5(10)6-2-7(8)4-9-3-6/h3-7H,1-2H3;1-5H;2-4H,1H3/b4-3+;;. The highest BCUT2D eigenvalue weighted by molar-refractivity contribution is 9.11. The number of rotatable bonds is 5. The summed E-state index contributed by atoms with van der Waals surface area (Å²) in [6.45, 7) is 1.52. The van der Waals surface area contributed by atoms with Gasteiger partial charge in [-0.3, -0.25) is 24.5 Å². The molecule has 0 N–H and O–H groups in total. The van der Waals surface area contributed by atoms with Gasteiger partial charge >= 0.3 is 0 Å². The van der Waals surface area contributed by atoms with E-state index in [-0.39, 0.29) is 11.6 Å². The summed E-state index contributed by atoms with van der Waals surface area (Å²) in [5.41, 5.74) is 2.13. The zero-order chi connectivity index (χ0) is 26.5. The first-order valence-corrected chi connectivity index (χ1v) is 12.7. The Bertz CT molecular complexity index is 1310. The summed E-state index contributed by atoms with van der Waals surface area (Å²) < 4.78 is 7.53. The van der Waals surface area contributed by atoms with Crippen molar-refractivity contribution in [2.75, 3.05) is 14.1 Å². The Labute approximate surface area is 234 Å². The average molecular weight is 680 g/mol. The Morgan fingerprint density at radius 3 is 1.86 bits per heavy atom. The van der Waals surface area contributed by atoms with Crippen molar-refractivity contribution < 1.29 is 14.1 Å². The molecule has 36 heavy (non-hydrogen) atoms. The van der Waals surface area contributed by atoms with Crippen molar-refractivity contribution in [3.8, 4) is 11.3 Å². The van der Waals surface area contributed by atoms with Crippen LogP contribution in [0.25, 0.3) is 11.3 Å². The quantitative estimate of drug-likeness (QED) is 0.171. The van der Waals surface area contributed by atoms with E-state index in [1.165, 1.54) is 13.0 Å². The predicted octanol–water partition coefficient (Wildman–Crippen LogP) is 6.65. The first-order chi connectivity index (χ1) is 17.2. The van der Waals surface area contributed by atoms with Gasteiger partial charge in [-0.1, -0.05) is 5.16 Å². The largest absolute Gasteiger partial charge is 0.383 e. The van der Waals surface area contributed by atoms with Gasteiger partial charge in [0.15, 0.2) is 17.3 Å². The van der Waals surface area contributed by atoms with Crippen LogP contribution in [-0.2, 0) is 0 Å². The second kappa shape index (κ2) is 15.2. The van der Waals surface area contributed by atoms with Crippen molar-refractivity contribution in [3.63, 3.8) is 0 Å². The molecule has 0 unspecified atom stereocenters. The number of carbonyl (C=O) groups is 2. The molecule has 0 atom stereocenters. The Morgan fingerprint density at radius 2 is 1.39 bits per heavy atom. The lowest BCUT2D eigenvalue weighted by Gasteiger charge is -2.02. The van der Waals surface area contributed by atoms with Gasteiger partial charge in [-0.2, -0.15) is 0 Å². The third-order valence-electron chi connectivity index (χ3n) is 4.05. The van der Waals surface area contributed by atoms with E-state index in [1.807, 2.05) is 25.1 Å². The molecule has 0 spiro atoms. The van der Waals surface area contributed by atoms with Crippen molar-refractivity contribution in [3.05, 3.63) is 104 Å². The molecule has 0 amide bonds. The molecule has 0 saturated carbocycles. The summed E-state index contributed by atoms with van der Waals surface area (Å²) in [6, 6.07) is 7.21. The molecule has 0 aliphatic rings. The highest BCUT2D eigenvalue weighted by atomic mass is 79.9. The number of hydrogen-bond donors (Lipinski definition) is 0. The molecule has 0 aromatic carbocycles. The molecule has 4 rings (SSSR count). The van der Waals surface area contributed by atoms with E-state index in [1.54, 1.807) is 67.8 Å². The van der Waals surface area contributed by atoms with E-state index in [9.17, 15) is 9.59 Å². The second-order valence-electron chi connectivity index (χ2n) is 7.25. The number of nitrogens with zero attached hydrogens (tertiary/aromatic N) is 5. The molecular weight excluding hydrogens is 658 g/mol. The van der Waals surface area contributed by atoms with Crippen LogP contribution in [0, 0.1) is 0 Å². The number of allylic oxidation sites excluding steroid dienone is 1. The van der Waals surface area contributed by atoms with Crippen LogP contribution in [0.15, 0.2) is 97.9 Å². The Balaban J connectivity index is 0.000000193. The Hall–Kier alpha value is -3.02. The number of aromatic nitrogens is 4. The molecular formula is C25H22Br3N5O3. The van der Waals surface area contributed by atoms with Gasteiger partial charge in [0.2, 0.25) is 0 Å². The number of carbonyl (C=O) groups excluding carboxylic acids is 2. The average Bonchev–Trinajstić information content (AvgIpc) is 3.39. The second-order valence-corrected chi connectivity index (χ2v) is 10.00. The lowest BCUT2D eigenvalue weighted by Crippen LogP contribution is -2.03. The van der Waals surface area contributed by atoms with Gasteiger partial charge in [-0.15, -0.1) is 0 Å².